The normalized spacial score (nSPS) is 10.7. The van der Waals surface area contributed by atoms with Gasteiger partial charge < -0.3 is 5.32 Å². The van der Waals surface area contributed by atoms with Crippen LogP contribution in [0.2, 0.25) is 0 Å². The highest BCUT2D eigenvalue weighted by Gasteiger charge is 2.07. The Kier molecular flexibility index (Phi) is 3.52. The number of thiophene rings is 1. The Morgan fingerprint density at radius 2 is 2.20 bits per heavy atom. The predicted molar refractivity (Wildman–Crippen MR) is 80.2 cm³/mol. The van der Waals surface area contributed by atoms with E-state index < -0.39 is 0 Å². The van der Waals surface area contributed by atoms with Gasteiger partial charge in [0.2, 0.25) is 0 Å². The summed E-state index contributed by atoms with van der Waals surface area (Å²) in [5, 5.41) is 9.42. The monoisotopic (exact) mass is 287 g/mol. The Labute approximate surface area is 120 Å². The third-order valence-electron chi connectivity index (χ3n) is 3.00. The molecule has 0 bridgehead atoms. The number of aromatic nitrogens is 2. The molecule has 0 aliphatic carbocycles. The fraction of sp³-hybridized carbons (Fsp3) is 0.133. The van der Waals surface area contributed by atoms with Gasteiger partial charge in [0.05, 0.1) is 0 Å². The van der Waals surface area contributed by atoms with Gasteiger partial charge in [0, 0.05) is 36.3 Å². The van der Waals surface area contributed by atoms with E-state index in [2.05, 4.69) is 10.4 Å². The van der Waals surface area contributed by atoms with E-state index in [1.54, 1.807) is 22.1 Å². The Balaban J connectivity index is 1.79. The summed E-state index contributed by atoms with van der Waals surface area (Å²) in [6, 6.07) is 11.0. The topological polar surface area (TPSA) is 29.9 Å². The molecule has 0 aliphatic rings. The fourth-order valence-corrected chi connectivity index (χ4v) is 2.75. The molecule has 0 amide bonds. The number of aryl methyl sites for hydroxylation is 1. The van der Waals surface area contributed by atoms with E-state index in [0.29, 0.717) is 12.1 Å². The van der Waals surface area contributed by atoms with Gasteiger partial charge >= 0.3 is 0 Å². The maximum Gasteiger partial charge on any atom is 0.148 e. The van der Waals surface area contributed by atoms with Gasteiger partial charge in [0.15, 0.2) is 0 Å². The molecule has 0 radical (unpaired) electrons. The molecular formula is C15H14FN3S. The van der Waals surface area contributed by atoms with E-state index in [9.17, 15) is 4.39 Å². The van der Waals surface area contributed by atoms with Crippen LogP contribution in [-0.4, -0.2) is 9.78 Å². The molecule has 3 nitrogen and oxygen atoms in total. The zero-order valence-corrected chi connectivity index (χ0v) is 11.8. The number of hydrogen-bond donors (Lipinski definition) is 1. The van der Waals surface area contributed by atoms with Gasteiger partial charge in [-0.1, -0.05) is 12.1 Å². The molecule has 0 saturated heterocycles. The van der Waals surface area contributed by atoms with Crippen molar-refractivity contribution < 1.29 is 4.39 Å². The maximum absolute atomic E-state index is 13.9. The standard InChI is InChI=1S/C15H14FN3S/c1-19-7-6-15(18-19)17-10-11-4-5-13(16)12(9-11)14-3-2-8-20-14/h2-9H,10H2,1H3,(H,17,18). The van der Waals surface area contributed by atoms with Crippen LogP contribution in [0.25, 0.3) is 10.4 Å². The minimum absolute atomic E-state index is 0.186. The Bertz CT molecular complexity index is 704. The van der Waals surface area contributed by atoms with E-state index in [-0.39, 0.29) is 5.82 Å². The molecule has 2 heterocycles. The summed E-state index contributed by atoms with van der Waals surface area (Å²) in [7, 11) is 1.87. The van der Waals surface area contributed by atoms with Crippen molar-refractivity contribution in [3.63, 3.8) is 0 Å². The van der Waals surface area contributed by atoms with Gasteiger partial charge in [0.1, 0.15) is 11.6 Å². The van der Waals surface area contributed by atoms with Crippen LogP contribution < -0.4 is 5.32 Å². The van der Waals surface area contributed by atoms with Gasteiger partial charge in [-0.3, -0.25) is 4.68 Å². The molecule has 3 aromatic rings. The largest absolute Gasteiger partial charge is 0.365 e. The first-order valence-electron chi connectivity index (χ1n) is 6.28. The molecule has 102 valence electrons. The number of rotatable bonds is 4. The van der Waals surface area contributed by atoms with Crippen LogP contribution >= 0.6 is 11.3 Å². The lowest BCUT2D eigenvalue weighted by Gasteiger charge is -2.06. The fourth-order valence-electron chi connectivity index (χ4n) is 2.01. The third-order valence-corrected chi connectivity index (χ3v) is 3.91. The van der Waals surface area contributed by atoms with Gasteiger partial charge in [-0.2, -0.15) is 5.10 Å². The lowest BCUT2D eigenvalue weighted by molar-refractivity contribution is 0.631. The number of benzene rings is 1. The number of anilines is 1. The maximum atomic E-state index is 13.9. The number of halogens is 1. The quantitative estimate of drug-likeness (QED) is 0.788. The van der Waals surface area contributed by atoms with Crippen molar-refractivity contribution >= 4 is 17.2 Å². The van der Waals surface area contributed by atoms with Crippen LogP contribution in [0.4, 0.5) is 10.2 Å². The van der Waals surface area contributed by atoms with E-state index in [4.69, 9.17) is 0 Å². The molecule has 3 rings (SSSR count). The van der Waals surface area contributed by atoms with Crippen molar-refractivity contribution in [2.75, 3.05) is 5.32 Å². The van der Waals surface area contributed by atoms with Crippen LogP contribution in [0.1, 0.15) is 5.56 Å². The molecular weight excluding hydrogens is 273 g/mol. The summed E-state index contributed by atoms with van der Waals surface area (Å²) < 4.78 is 15.6. The third kappa shape index (κ3) is 2.72. The number of nitrogens with zero attached hydrogens (tertiary/aromatic N) is 2. The second kappa shape index (κ2) is 5.46. The molecule has 0 atom stereocenters. The average Bonchev–Trinajstić information content (AvgIpc) is 3.09. The van der Waals surface area contributed by atoms with Crippen molar-refractivity contribution in [3.05, 3.63) is 59.4 Å². The van der Waals surface area contributed by atoms with Gasteiger partial charge in [-0.15, -0.1) is 11.3 Å². The minimum Gasteiger partial charge on any atom is -0.365 e. The van der Waals surface area contributed by atoms with Crippen LogP contribution in [0.5, 0.6) is 0 Å². The van der Waals surface area contributed by atoms with Crippen LogP contribution in [0.3, 0.4) is 0 Å². The molecule has 20 heavy (non-hydrogen) atoms. The molecule has 2 aromatic heterocycles. The van der Waals surface area contributed by atoms with Crippen molar-refractivity contribution in [1.29, 1.82) is 0 Å². The zero-order chi connectivity index (χ0) is 13.9. The Morgan fingerprint density at radius 1 is 1.30 bits per heavy atom. The van der Waals surface area contributed by atoms with Crippen molar-refractivity contribution in [3.8, 4) is 10.4 Å². The van der Waals surface area contributed by atoms with E-state index in [1.807, 2.05) is 42.9 Å². The molecule has 1 N–H and O–H groups in total. The van der Waals surface area contributed by atoms with Gasteiger partial charge in [-0.25, -0.2) is 4.39 Å². The summed E-state index contributed by atoms with van der Waals surface area (Å²) in [5.74, 6) is 0.628. The summed E-state index contributed by atoms with van der Waals surface area (Å²) in [4.78, 5) is 0.946. The van der Waals surface area contributed by atoms with E-state index in [1.165, 1.54) is 6.07 Å². The highest BCUT2D eigenvalue weighted by atomic mass is 32.1. The van der Waals surface area contributed by atoms with E-state index in [0.717, 1.165) is 16.3 Å². The molecule has 1 aromatic carbocycles. The SMILES string of the molecule is Cn1ccc(NCc2ccc(F)c(-c3cccs3)c2)n1. The highest BCUT2D eigenvalue weighted by Crippen LogP contribution is 2.28. The van der Waals surface area contributed by atoms with Gasteiger partial charge in [0.25, 0.3) is 0 Å². The van der Waals surface area contributed by atoms with Crippen molar-refractivity contribution in [2.24, 2.45) is 7.05 Å². The molecule has 0 aliphatic heterocycles. The summed E-state index contributed by atoms with van der Waals surface area (Å²) in [6.45, 7) is 0.621. The molecule has 5 heteroatoms. The Hall–Kier alpha value is -2.14. The second-order valence-electron chi connectivity index (χ2n) is 4.52. The number of hydrogen-bond acceptors (Lipinski definition) is 3. The van der Waals surface area contributed by atoms with Crippen molar-refractivity contribution in [2.45, 2.75) is 6.54 Å². The highest BCUT2D eigenvalue weighted by molar-refractivity contribution is 7.13. The molecule has 0 fully saturated rings. The smallest absolute Gasteiger partial charge is 0.148 e. The van der Waals surface area contributed by atoms with Gasteiger partial charge in [-0.05, 0) is 29.1 Å². The average molecular weight is 287 g/mol. The summed E-state index contributed by atoms with van der Waals surface area (Å²) in [5.41, 5.74) is 1.68. The minimum atomic E-state index is -0.186. The Morgan fingerprint density at radius 3 is 2.90 bits per heavy atom. The number of nitrogens with one attached hydrogen (secondary N) is 1. The molecule has 0 spiro atoms. The zero-order valence-electron chi connectivity index (χ0n) is 11.0. The lowest BCUT2D eigenvalue weighted by atomic mass is 10.1. The summed E-state index contributed by atoms with van der Waals surface area (Å²) in [6.07, 6.45) is 1.88. The molecule has 0 saturated carbocycles. The first kappa shape index (κ1) is 12.9. The van der Waals surface area contributed by atoms with Crippen LogP contribution in [0.15, 0.2) is 48.0 Å². The van der Waals surface area contributed by atoms with Crippen LogP contribution in [-0.2, 0) is 13.6 Å². The predicted octanol–water partition coefficient (Wildman–Crippen LogP) is 3.90. The van der Waals surface area contributed by atoms with E-state index >= 15 is 0 Å². The van der Waals surface area contributed by atoms with Crippen molar-refractivity contribution in [1.82, 2.24) is 9.78 Å². The molecule has 0 unspecified atom stereocenters. The van der Waals surface area contributed by atoms with Crippen LogP contribution in [0, 0.1) is 5.82 Å². The first-order valence-corrected chi connectivity index (χ1v) is 7.16. The lowest BCUT2D eigenvalue weighted by Crippen LogP contribution is -2.01. The first-order chi connectivity index (χ1) is 9.72. The summed E-state index contributed by atoms with van der Waals surface area (Å²) >= 11 is 1.54. The second-order valence-corrected chi connectivity index (χ2v) is 5.47.